The van der Waals surface area contributed by atoms with Gasteiger partial charge in [0, 0.05) is 6.07 Å². The third kappa shape index (κ3) is 5.59. The molecule has 0 fully saturated rings. The lowest BCUT2D eigenvalue weighted by Gasteiger charge is -2.24. The van der Waals surface area contributed by atoms with Crippen molar-refractivity contribution in [2.75, 3.05) is 18.0 Å². The minimum absolute atomic E-state index is 0.0786. The smallest absolute Gasteiger partial charge is 0.264 e. The van der Waals surface area contributed by atoms with Gasteiger partial charge in [-0.25, -0.2) is 13.8 Å². The van der Waals surface area contributed by atoms with Crippen LogP contribution in [0.5, 0.6) is 5.75 Å². The van der Waals surface area contributed by atoms with Gasteiger partial charge in [-0.15, -0.1) is 0 Å². The Balaban J connectivity index is 1.86. The van der Waals surface area contributed by atoms with E-state index in [2.05, 4.69) is 10.5 Å². The summed E-state index contributed by atoms with van der Waals surface area (Å²) in [7, 11) is -2.51. The van der Waals surface area contributed by atoms with E-state index in [1.165, 1.54) is 24.8 Å². The summed E-state index contributed by atoms with van der Waals surface area (Å²) < 4.78 is 33.0. The van der Waals surface area contributed by atoms with Crippen LogP contribution < -0.4 is 14.5 Å². The third-order valence-electron chi connectivity index (χ3n) is 5.45. The second-order valence-electron chi connectivity index (χ2n) is 7.54. The van der Waals surface area contributed by atoms with Crippen LogP contribution in [0.4, 0.5) is 5.69 Å². The van der Waals surface area contributed by atoms with Crippen LogP contribution in [0.1, 0.15) is 22.3 Å². The summed E-state index contributed by atoms with van der Waals surface area (Å²) in [6.45, 7) is 5.60. The second-order valence-corrected chi connectivity index (χ2v) is 9.40. The van der Waals surface area contributed by atoms with Crippen molar-refractivity contribution in [1.82, 2.24) is 5.43 Å². The van der Waals surface area contributed by atoms with E-state index < -0.39 is 22.5 Å². The van der Waals surface area contributed by atoms with Crippen molar-refractivity contribution in [2.45, 2.75) is 25.7 Å². The average molecular weight is 466 g/mol. The molecule has 1 N–H and O–H groups in total. The molecule has 0 unspecified atom stereocenters. The van der Waals surface area contributed by atoms with Crippen molar-refractivity contribution in [3.05, 3.63) is 89.0 Å². The summed E-state index contributed by atoms with van der Waals surface area (Å²) in [6, 6.07) is 18.4. The molecule has 3 aromatic rings. The minimum atomic E-state index is -4.00. The number of methoxy groups -OCH3 is 1. The van der Waals surface area contributed by atoms with Gasteiger partial charge < -0.3 is 4.74 Å². The lowest BCUT2D eigenvalue weighted by atomic mass is 10.00. The molecule has 0 radical (unpaired) electrons. The van der Waals surface area contributed by atoms with Gasteiger partial charge in [0.15, 0.2) is 0 Å². The molecule has 172 valence electrons. The average Bonchev–Trinajstić information content (AvgIpc) is 2.83. The Hall–Kier alpha value is -3.65. The Morgan fingerprint density at radius 2 is 1.73 bits per heavy atom. The first-order chi connectivity index (χ1) is 15.7. The monoisotopic (exact) mass is 465 g/mol. The van der Waals surface area contributed by atoms with Gasteiger partial charge in [-0.3, -0.25) is 9.10 Å². The molecular weight excluding hydrogens is 438 g/mol. The van der Waals surface area contributed by atoms with E-state index in [0.29, 0.717) is 11.4 Å². The maximum Gasteiger partial charge on any atom is 0.264 e. The fourth-order valence-corrected chi connectivity index (χ4v) is 4.69. The molecule has 0 spiro atoms. The largest absolute Gasteiger partial charge is 0.497 e. The first-order valence-electron chi connectivity index (χ1n) is 10.3. The molecule has 8 heteroatoms. The van der Waals surface area contributed by atoms with Gasteiger partial charge >= 0.3 is 0 Å². The molecule has 0 aliphatic heterocycles. The highest BCUT2D eigenvalue weighted by atomic mass is 32.2. The molecule has 0 aromatic heterocycles. The number of aryl methyl sites for hydroxylation is 1. The summed E-state index contributed by atoms with van der Waals surface area (Å²) in [5, 5.41) is 4.04. The maximum absolute atomic E-state index is 13.3. The normalized spacial score (nSPS) is 11.4. The lowest BCUT2D eigenvalue weighted by molar-refractivity contribution is -0.119. The number of carbonyl (C=O) groups is 1. The molecule has 3 aromatic carbocycles. The molecular formula is C25H27N3O4S. The number of hydrogen-bond donors (Lipinski definition) is 1. The van der Waals surface area contributed by atoms with Gasteiger partial charge in [0.1, 0.15) is 12.3 Å². The van der Waals surface area contributed by atoms with Crippen LogP contribution in [-0.2, 0) is 14.8 Å². The van der Waals surface area contributed by atoms with Crippen molar-refractivity contribution < 1.29 is 17.9 Å². The number of hydrogen-bond acceptors (Lipinski definition) is 5. The zero-order valence-electron chi connectivity index (χ0n) is 19.1. The van der Waals surface area contributed by atoms with Crippen LogP contribution in [0.3, 0.4) is 0 Å². The number of carbonyl (C=O) groups excluding carboxylic acids is 1. The third-order valence-corrected chi connectivity index (χ3v) is 7.24. The SMILES string of the molecule is COc1cccc(N(CC(=O)N/N=C\c2ccc(C)c(C)c2C)S(=O)(=O)c2ccccc2)c1. The van der Waals surface area contributed by atoms with E-state index in [1.54, 1.807) is 48.7 Å². The summed E-state index contributed by atoms with van der Waals surface area (Å²) in [6.07, 6.45) is 1.56. The Bertz CT molecular complexity index is 1270. The number of hydrazone groups is 1. The number of amides is 1. The number of ether oxygens (including phenoxy) is 1. The van der Waals surface area contributed by atoms with Crippen LogP contribution in [-0.4, -0.2) is 34.2 Å². The topological polar surface area (TPSA) is 88.1 Å². The number of nitrogens with one attached hydrogen (secondary N) is 1. The first-order valence-corrected chi connectivity index (χ1v) is 11.8. The highest BCUT2D eigenvalue weighted by Crippen LogP contribution is 2.26. The number of rotatable bonds is 8. The van der Waals surface area contributed by atoms with E-state index in [4.69, 9.17) is 4.74 Å². The first kappa shape index (κ1) is 24.0. The van der Waals surface area contributed by atoms with Crippen molar-refractivity contribution in [3.63, 3.8) is 0 Å². The van der Waals surface area contributed by atoms with Crippen LogP contribution in [0.25, 0.3) is 0 Å². The van der Waals surface area contributed by atoms with E-state index in [-0.39, 0.29) is 4.90 Å². The van der Waals surface area contributed by atoms with Crippen molar-refractivity contribution in [1.29, 1.82) is 0 Å². The number of sulfonamides is 1. The maximum atomic E-state index is 13.3. The Morgan fingerprint density at radius 1 is 1.00 bits per heavy atom. The van der Waals surface area contributed by atoms with E-state index in [1.807, 2.05) is 32.9 Å². The molecule has 0 aliphatic rings. The van der Waals surface area contributed by atoms with Crippen LogP contribution in [0, 0.1) is 20.8 Å². The molecule has 7 nitrogen and oxygen atoms in total. The summed E-state index contributed by atoms with van der Waals surface area (Å²) in [5.74, 6) is -0.0977. The standard InChI is InChI=1S/C25H27N3O4S/c1-18-13-14-21(20(3)19(18)2)16-26-27-25(29)17-28(22-9-8-10-23(15-22)32-4)33(30,31)24-11-6-5-7-12-24/h5-16H,17H2,1-4H3,(H,27,29)/b26-16-. The lowest BCUT2D eigenvalue weighted by Crippen LogP contribution is -2.39. The fraction of sp³-hybridized carbons (Fsp3) is 0.200. The van der Waals surface area contributed by atoms with Crippen LogP contribution in [0.15, 0.2) is 76.7 Å². The Kier molecular flexibility index (Phi) is 7.50. The molecule has 0 aliphatic carbocycles. The molecule has 0 saturated carbocycles. The summed E-state index contributed by atoms with van der Waals surface area (Å²) in [4.78, 5) is 12.8. The van der Waals surface area contributed by atoms with E-state index in [9.17, 15) is 13.2 Å². The zero-order chi connectivity index (χ0) is 24.0. The van der Waals surface area contributed by atoms with Crippen LogP contribution >= 0.6 is 0 Å². The van der Waals surface area contributed by atoms with Gasteiger partial charge in [0.2, 0.25) is 0 Å². The quantitative estimate of drug-likeness (QED) is 0.403. The molecule has 33 heavy (non-hydrogen) atoms. The summed E-state index contributed by atoms with van der Waals surface area (Å²) in [5.41, 5.74) is 7.02. The van der Waals surface area contributed by atoms with Gasteiger partial charge in [0.05, 0.1) is 23.9 Å². The molecule has 0 atom stereocenters. The zero-order valence-corrected chi connectivity index (χ0v) is 19.9. The van der Waals surface area contributed by atoms with Gasteiger partial charge in [-0.1, -0.05) is 36.4 Å². The predicted molar refractivity (Wildman–Crippen MR) is 130 cm³/mol. The van der Waals surface area contributed by atoms with Crippen molar-refractivity contribution in [2.24, 2.45) is 5.10 Å². The summed E-state index contributed by atoms with van der Waals surface area (Å²) >= 11 is 0. The Labute approximate surface area is 194 Å². The predicted octanol–water partition coefficient (Wildman–Crippen LogP) is 3.97. The highest BCUT2D eigenvalue weighted by Gasteiger charge is 2.27. The number of benzene rings is 3. The Morgan fingerprint density at radius 3 is 2.42 bits per heavy atom. The number of nitrogens with zero attached hydrogens (tertiary/aromatic N) is 2. The fourth-order valence-electron chi connectivity index (χ4n) is 3.26. The second kappa shape index (κ2) is 10.3. The number of anilines is 1. The minimum Gasteiger partial charge on any atom is -0.497 e. The molecule has 0 bridgehead atoms. The molecule has 0 saturated heterocycles. The highest BCUT2D eigenvalue weighted by molar-refractivity contribution is 7.92. The molecule has 1 amide bonds. The molecule has 0 heterocycles. The van der Waals surface area contributed by atoms with Crippen molar-refractivity contribution >= 4 is 27.8 Å². The van der Waals surface area contributed by atoms with Crippen molar-refractivity contribution in [3.8, 4) is 5.75 Å². The van der Waals surface area contributed by atoms with Gasteiger partial charge in [-0.2, -0.15) is 5.10 Å². The van der Waals surface area contributed by atoms with Gasteiger partial charge in [-0.05, 0) is 67.3 Å². The van der Waals surface area contributed by atoms with E-state index in [0.717, 1.165) is 21.0 Å². The van der Waals surface area contributed by atoms with Gasteiger partial charge in [0.25, 0.3) is 15.9 Å². The molecule has 3 rings (SSSR count). The van der Waals surface area contributed by atoms with E-state index >= 15 is 0 Å². The van der Waals surface area contributed by atoms with Crippen LogP contribution in [0.2, 0.25) is 0 Å².